The topological polar surface area (TPSA) is 12.9 Å². The van der Waals surface area contributed by atoms with Gasteiger partial charge in [0.15, 0.2) is 0 Å². The molecule has 1 heterocycles. The van der Waals surface area contributed by atoms with Gasteiger partial charge in [-0.2, -0.15) is 0 Å². The minimum atomic E-state index is 0.622. The maximum absolute atomic E-state index is 6.05. The molecule has 0 saturated heterocycles. The normalized spacial score (nSPS) is 14.6. The maximum atomic E-state index is 6.05. The summed E-state index contributed by atoms with van der Waals surface area (Å²) in [6.45, 7) is 0. The number of hydrogen-bond acceptors (Lipinski definition) is 1. The Balaban J connectivity index is 2.39. The van der Waals surface area contributed by atoms with Crippen molar-refractivity contribution < 1.29 is 0 Å². The minimum Gasteiger partial charge on any atom is -0.244 e. The van der Waals surface area contributed by atoms with Gasteiger partial charge < -0.3 is 0 Å². The first kappa shape index (κ1) is 8.25. The predicted octanol–water partition coefficient (Wildman–Crippen LogP) is 3.38. The molecular weight excluding hydrogens is 194 g/mol. The molecule has 0 radical (unpaired) electrons. The van der Waals surface area contributed by atoms with Crippen LogP contribution in [0.25, 0.3) is 10.8 Å². The van der Waals surface area contributed by atoms with Crippen LogP contribution in [0.2, 0.25) is 5.15 Å². The summed E-state index contributed by atoms with van der Waals surface area (Å²) in [7, 11) is 0. The molecule has 1 aromatic carbocycles. The molecule has 0 fully saturated rings. The maximum Gasteiger partial charge on any atom is 0.136 e. The van der Waals surface area contributed by atoms with E-state index in [1.807, 2.05) is 6.07 Å². The van der Waals surface area contributed by atoms with E-state index in [2.05, 4.69) is 17.1 Å². The van der Waals surface area contributed by atoms with Crippen molar-refractivity contribution in [3.63, 3.8) is 0 Å². The Labute approximate surface area is 87.7 Å². The summed E-state index contributed by atoms with van der Waals surface area (Å²) in [6, 6.07) is 6.48. The summed E-state index contributed by atoms with van der Waals surface area (Å²) in [5, 5.41) is 2.93. The summed E-state index contributed by atoms with van der Waals surface area (Å²) in [6.07, 6.45) is 5.45. The van der Waals surface area contributed by atoms with Crippen molar-refractivity contribution in [2.24, 2.45) is 0 Å². The molecule has 1 aromatic heterocycles. The molecule has 2 aromatic rings. The molecule has 0 amide bonds. The monoisotopic (exact) mass is 203 g/mol. The molecule has 0 unspecified atom stereocenters. The van der Waals surface area contributed by atoms with Crippen molar-refractivity contribution >= 4 is 22.4 Å². The average Bonchev–Trinajstić information content (AvgIpc) is 2.62. The molecule has 0 bridgehead atoms. The highest BCUT2D eigenvalue weighted by Crippen LogP contribution is 2.29. The third-order valence-corrected chi connectivity index (χ3v) is 3.23. The predicted molar refractivity (Wildman–Crippen MR) is 58.8 cm³/mol. The van der Waals surface area contributed by atoms with Crippen LogP contribution in [-0.2, 0) is 12.8 Å². The highest BCUT2D eigenvalue weighted by Gasteiger charge is 2.12. The van der Waals surface area contributed by atoms with Crippen LogP contribution in [0.4, 0.5) is 0 Å². The van der Waals surface area contributed by atoms with Crippen LogP contribution in [0, 0.1) is 0 Å². The Hall–Kier alpha value is -1.08. The molecule has 14 heavy (non-hydrogen) atoms. The van der Waals surface area contributed by atoms with Gasteiger partial charge in [0.05, 0.1) is 0 Å². The molecule has 70 valence electrons. The van der Waals surface area contributed by atoms with E-state index < -0.39 is 0 Å². The van der Waals surface area contributed by atoms with Crippen molar-refractivity contribution in [2.75, 3.05) is 0 Å². The number of aryl methyl sites for hydroxylation is 2. The van der Waals surface area contributed by atoms with Gasteiger partial charge in [0.1, 0.15) is 5.15 Å². The van der Waals surface area contributed by atoms with Gasteiger partial charge in [0, 0.05) is 11.6 Å². The van der Waals surface area contributed by atoms with Gasteiger partial charge in [-0.05, 0) is 47.9 Å². The second-order valence-corrected chi connectivity index (χ2v) is 4.16. The Morgan fingerprint density at radius 3 is 2.79 bits per heavy atom. The molecule has 0 atom stereocenters. The average molecular weight is 204 g/mol. The van der Waals surface area contributed by atoms with Crippen LogP contribution in [0.5, 0.6) is 0 Å². The van der Waals surface area contributed by atoms with Gasteiger partial charge >= 0.3 is 0 Å². The molecule has 1 aliphatic carbocycles. The molecule has 0 aliphatic heterocycles. The number of fused-ring (bicyclic) bond motifs is 2. The highest BCUT2D eigenvalue weighted by atomic mass is 35.5. The largest absolute Gasteiger partial charge is 0.244 e. The lowest BCUT2D eigenvalue weighted by Gasteiger charge is -2.03. The van der Waals surface area contributed by atoms with Gasteiger partial charge in [-0.3, -0.25) is 0 Å². The first-order chi connectivity index (χ1) is 6.84. The summed E-state index contributed by atoms with van der Waals surface area (Å²) in [5.74, 6) is 0. The number of benzene rings is 1. The van der Waals surface area contributed by atoms with Crippen LogP contribution < -0.4 is 0 Å². The van der Waals surface area contributed by atoms with Gasteiger partial charge in [-0.1, -0.05) is 17.7 Å². The number of aromatic nitrogens is 1. The van der Waals surface area contributed by atoms with E-state index in [9.17, 15) is 0 Å². The molecule has 1 aliphatic rings. The summed E-state index contributed by atoms with van der Waals surface area (Å²) in [4.78, 5) is 4.10. The van der Waals surface area contributed by atoms with Crippen molar-refractivity contribution in [3.05, 3.63) is 40.7 Å². The van der Waals surface area contributed by atoms with Crippen molar-refractivity contribution in [3.8, 4) is 0 Å². The van der Waals surface area contributed by atoms with Crippen LogP contribution in [0.1, 0.15) is 17.5 Å². The van der Waals surface area contributed by atoms with Crippen LogP contribution in [-0.4, -0.2) is 4.98 Å². The SMILES string of the molecule is Clc1nccc2cc3c(cc12)CCC3. The third-order valence-electron chi connectivity index (χ3n) is 2.93. The van der Waals surface area contributed by atoms with E-state index in [0.717, 1.165) is 5.39 Å². The molecule has 0 saturated carbocycles. The fourth-order valence-corrected chi connectivity index (χ4v) is 2.43. The Morgan fingerprint density at radius 1 is 1.14 bits per heavy atom. The summed E-state index contributed by atoms with van der Waals surface area (Å²) < 4.78 is 0. The van der Waals surface area contributed by atoms with E-state index in [4.69, 9.17) is 11.6 Å². The highest BCUT2D eigenvalue weighted by molar-refractivity contribution is 6.34. The second-order valence-electron chi connectivity index (χ2n) is 3.80. The van der Waals surface area contributed by atoms with E-state index in [1.165, 1.54) is 35.8 Å². The lowest BCUT2D eigenvalue weighted by molar-refractivity contribution is 0.912. The van der Waals surface area contributed by atoms with E-state index >= 15 is 0 Å². The van der Waals surface area contributed by atoms with E-state index in [0.29, 0.717) is 5.15 Å². The Kier molecular flexibility index (Phi) is 1.74. The zero-order valence-electron chi connectivity index (χ0n) is 7.76. The molecule has 1 nitrogen and oxygen atoms in total. The quantitative estimate of drug-likeness (QED) is 0.599. The van der Waals surface area contributed by atoms with Crippen molar-refractivity contribution in [1.82, 2.24) is 4.98 Å². The van der Waals surface area contributed by atoms with Gasteiger partial charge in [0.2, 0.25) is 0 Å². The molecule has 0 spiro atoms. The van der Waals surface area contributed by atoms with Gasteiger partial charge in [-0.25, -0.2) is 4.98 Å². The van der Waals surface area contributed by atoms with Gasteiger partial charge in [-0.15, -0.1) is 0 Å². The lowest BCUT2D eigenvalue weighted by atomic mass is 10.0. The van der Waals surface area contributed by atoms with Crippen LogP contribution in [0.15, 0.2) is 24.4 Å². The smallest absolute Gasteiger partial charge is 0.136 e. The Morgan fingerprint density at radius 2 is 1.93 bits per heavy atom. The van der Waals surface area contributed by atoms with Crippen LogP contribution in [0.3, 0.4) is 0 Å². The number of nitrogens with zero attached hydrogens (tertiary/aromatic N) is 1. The first-order valence-corrected chi connectivity index (χ1v) is 5.28. The first-order valence-electron chi connectivity index (χ1n) is 4.90. The molecule has 3 rings (SSSR count). The van der Waals surface area contributed by atoms with Crippen LogP contribution >= 0.6 is 11.6 Å². The number of rotatable bonds is 0. The molecule has 2 heteroatoms. The van der Waals surface area contributed by atoms with Crippen molar-refractivity contribution in [1.29, 1.82) is 0 Å². The Bertz CT molecular complexity index is 505. The minimum absolute atomic E-state index is 0.622. The van der Waals surface area contributed by atoms with E-state index in [1.54, 1.807) is 6.20 Å². The summed E-state index contributed by atoms with van der Waals surface area (Å²) in [5.41, 5.74) is 2.94. The third kappa shape index (κ3) is 1.12. The van der Waals surface area contributed by atoms with E-state index in [-0.39, 0.29) is 0 Å². The van der Waals surface area contributed by atoms with Crippen molar-refractivity contribution in [2.45, 2.75) is 19.3 Å². The standard InChI is InChI=1S/C12H10ClN/c13-12-11-7-9-3-1-2-8(9)6-10(11)4-5-14-12/h4-7H,1-3H2. The zero-order valence-corrected chi connectivity index (χ0v) is 8.51. The second kappa shape index (κ2) is 2.96. The molecule has 0 N–H and O–H groups in total. The number of halogens is 1. The fourth-order valence-electron chi connectivity index (χ4n) is 2.21. The number of hydrogen-bond donors (Lipinski definition) is 0. The van der Waals surface area contributed by atoms with Gasteiger partial charge in [0.25, 0.3) is 0 Å². The lowest BCUT2D eigenvalue weighted by Crippen LogP contribution is -1.85. The fraction of sp³-hybridized carbons (Fsp3) is 0.250. The summed E-state index contributed by atoms with van der Waals surface area (Å²) >= 11 is 6.05. The zero-order chi connectivity index (χ0) is 9.54. The molecular formula is C12H10ClN. The number of pyridine rings is 1.